The van der Waals surface area contributed by atoms with Crippen LogP contribution in [-0.2, 0) is 10.0 Å². The Morgan fingerprint density at radius 3 is 2.50 bits per heavy atom. The highest BCUT2D eigenvalue weighted by atomic mass is 35.5. The van der Waals surface area contributed by atoms with Gasteiger partial charge in [0.05, 0.1) is 10.3 Å². The monoisotopic (exact) mass is 353 g/mol. The first-order valence-electron chi connectivity index (χ1n) is 6.95. The molecular formula is C16H16ClNO2S2. The molecule has 1 aliphatic heterocycles. The van der Waals surface area contributed by atoms with E-state index in [4.69, 9.17) is 11.6 Å². The largest absolute Gasteiger partial charge is 0.244 e. The number of hydrogen-bond donors (Lipinski definition) is 0. The minimum absolute atomic E-state index is 0.264. The van der Waals surface area contributed by atoms with Gasteiger partial charge in [0, 0.05) is 17.3 Å². The number of nitrogens with zero attached hydrogens (tertiary/aromatic N) is 1. The molecule has 0 radical (unpaired) electrons. The molecule has 0 spiro atoms. The highest BCUT2D eigenvalue weighted by Crippen LogP contribution is 2.43. The first kappa shape index (κ1) is 15.9. The van der Waals surface area contributed by atoms with Crippen molar-refractivity contribution in [3.8, 4) is 0 Å². The summed E-state index contributed by atoms with van der Waals surface area (Å²) >= 11 is 7.86. The van der Waals surface area contributed by atoms with Crippen LogP contribution in [0.5, 0.6) is 0 Å². The second-order valence-electron chi connectivity index (χ2n) is 5.17. The van der Waals surface area contributed by atoms with E-state index in [1.807, 2.05) is 37.3 Å². The van der Waals surface area contributed by atoms with Crippen LogP contribution in [0.1, 0.15) is 16.5 Å². The Labute approximate surface area is 140 Å². The maximum absolute atomic E-state index is 12.9. The van der Waals surface area contributed by atoms with Crippen LogP contribution < -0.4 is 0 Å². The summed E-state index contributed by atoms with van der Waals surface area (Å²) in [5.41, 5.74) is 1.89. The highest BCUT2D eigenvalue weighted by molar-refractivity contribution is 8.01. The Hall–Kier alpha value is -1.01. The van der Waals surface area contributed by atoms with E-state index < -0.39 is 10.0 Å². The fraction of sp³-hybridized carbons (Fsp3) is 0.250. The molecule has 0 unspecified atom stereocenters. The van der Waals surface area contributed by atoms with Crippen molar-refractivity contribution in [2.75, 3.05) is 12.3 Å². The molecule has 1 fully saturated rings. The average Bonchev–Trinajstić information content (AvgIpc) is 2.98. The number of aryl methyl sites for hydroxylation is 1. The average molecular weight is 354 g/mol. The quantitative estimate of drug-likeness (QED) is 0.834. The first-order valence-corrected chi connectivity index (χ1v) is 9.81. The number of thioether (sulfide) groups is 1. The predicted octanol–water partition coefficient (Wildman–Crippen LogP) is 4.08. The van der Waals surface area contributed by atoms with Gasteiger partial charge in [0.2, 0.25) is 10.0 Å². The minimum Gasteiger partial charge on any atom is -0.207 e. The minimum atomic E-state index is -3.52. The molecule has 0 aromatic heterocycles. The van der Waals surface area contributed by atoms with E-state index in [-0.39, 0.29) is 5.37 Å². The van der Waals surface area contributed by atoms with E-state index in [1.54, 1.807) is 34.3 Å². The van der Waals surface area contributed by atoms with Gasteiger partial charge in [-0.3, -0.25) is 0 Å². The van der Waals surface area contributed by atoms with Crippen LogP contribution in [-0.4, -0.2) is 25.0 Å². The Morgan fingerprint density at radius 2 is 1.82 bits per heavy atom. The van der Waals surface area contributed by atoms with Crippen molar-refractivity contribution in [2.24, 2.45) is 0 Å². The molecule has 3 nitrogen and oxygen atoms in total. The summed E-state index contributed by atoms with van der Waals surface area (Å²) in [6.45, 7) is 2.44. The van der Waals surface area contributed by atoms with Crippen LogP contribution >= 0.6 is 23.4 Å². The van der Waals surface area contributed by atoms with Gasteiger partial charge in [-0.25, -0.2) is 8.42 Å². The Bertz CT molecular complexity index is 775. The molecule has 2 aromatic carbocycles. The lowest BCUT2D eigenvalue weighted by atomic mass is 10.2. The molecule has 2 aromatic rings. The molecule has 1 atom stereocenters. The van der Waals surface area contributed by atoms with Crippen molar-refractivity contribution in [3.05, 3.63) is 64.7 Å². The van der Waals surface area contributed by atoms with Gasteiger partial charge >= 0.3 is 0 Å². The Morgan fingerprint density at radius 1 is 1.14 bits per heavy atom. The van der Waals surface area contributed by atoms with Gasteiger partial charge in [0.1, 0.15) is 0 Å². The lowest BCUT2D eigenvalue weighted by molar-refractivity contribution is 0.434. The van der Waals surface area contributed by atoms with Gasteiger partial charge in [-0.2, -0.15) is 4.31 Å². The van der Waals surface area contributed by atoms with E-state index in [2.05, 4.69) is 0 Å². The molecule has 0 aliphatic carbocycles. The van der Waals surface area contributed by atoms with Crippen LogP contribution in [0, 0.1) is 6.92 Å². The van der Waals surface area contributed by atoms with Crippen molar-refractivity contribution in [2.45, 2.75) is 17.2 Å². The Kier molecular flexibility index (Phi) is 4.50. The van der Waals surface area contributed by atoms with E-state index in [0.29, 0.717) is 16.5 Å². The topological polar surface area (TPSA) is 37.4 Å². The smallest absolute Gasteiger partial charge is 0.207 e. The number of rotatable bonds is 3. The lowest BCUT2D eigenvalue weighted by Gasteiger charge is -2.24. The number of benzene rings is 2. The van der Waals surface area contributed by atoms with Gasteiger partial charge in [0.25, 0.3) is 0 Å². The third kappa shape index (κ3) is 2.91. The summed E-state index contributed by atoms with van der Waals surface area (Å²) in [6, 6.07) is 14.4. The van der Waals surface area contributed by atoms with Gasteiger partial charge in [-0.15, -0.1) is 11.8 Å². The summed E-state index contributed by atoms with van der Waals surface area (Å²) in [7, 11) is -3.52. The molecule has 1 heterocycles. The van der Waals surface area contributed by atoms with Gasteiger partial charge in [0.15, 0.2) is 0 Å². The highest BCUT2D eigenvalue weighted by Gasteiger charge is 2.37. The molecule has 6 heteroatoms. The normalized spacial score (nSPS) is 19.5. The SMILES string of the molecule is Cc1ccc(S(=O)(=O)N2CCS[C@@H]2c2ccccc2Cl)cc1. The van der Waals surface area contributed by atoms with Crippen molar-refractivity contribution in [3.63, 3.8) is 0 Å². The van der Waals surface area contributed by atoms with Gasteiger partial charge in [-0.05, 0) is 30.7 Å². The molecule has 0 amide bonds. The summed E-state index contributed by atoms with van der Waals surface area (Å²) in [6.07, 6.45) is 0. The van der Waals surface area contributed by atoms with E-state index in [0.717, 1.165) is 16.9 Å². The predicted molar refractivity (Wildman–Crippen MR) is 91.7 cm³/mol. The Balaban J connectivity index is 1.99. The zero-order valence-electron chi connectivity index (χ0n) is 12.1. The molecule has 0 bridgehead atoms. The number of halogens is 1. The fourth-order valence-electron chi connectivity index (χ4n) is 2.47. The zero-order valence-corrected chi connectivity index (χ0v) is 14.5. The third-order valence-electron chi connectivity index (χ3n) is 3.65. The molecule has 1 aliphatic rings. The summed E-state index contributed by atoms with van der Waals surface area (Å²) < 4.78 is 27.4. The number of sulfonamides is 1. The molecule has 3 rings (SSSR count). The van der Waals surface area contributed by atoms with Crippen molar-refractivity contribution in [1.82, 2.24) is 4.31 Å². The lowest BCUT2D eigenvalue weighted by Crippen LogP contribution is -2.30. The summed E-state index contributed by atoms with van der Waals surface area (Å²) in [5.74, 6) is 0.765. The maximum Gasteiger partial charge on any atom is 0.244 e. The van der Waals surface area contributed by atoms with Gasteiger partial charge in [-0.1, -0.05) is 47.5 Å². The molecule has 1 saturated heterocycles. The molecule has 116 valence electrons. The van der Waals surface area contributed by atoms with Crippen LogP contribution in [0.2, 0.25) is 5.02 Å². The third-order valence-corrected chi connectivity index (χ3v) is 7.25. The molecule has 0 N–H and O–H groups in total. The van der Waals surface area contributed by atoms with E-state index >= 15 is 0 Å². The maximum atomic E-state index is 12.9. The second kappa shape index (κ2) is 6.24. The first-order chi connectivity index (χ1) is 10.5. The van der Waals surface area contributed by atoms with Crippen LogP contribution in [0.15, 0.2) is 53.4 Å². The van der Waals surface area contributed by atoms with Crippen LogP contribution in [0.25, 0.3) is 0 Å². The van der Waals surface area contributed by atoms with E-state index in [1.165, 1.54) is 0 Å². The molecular weight excluding hydrogens is 338 g/mol. The standard InChI is InChI=1S/C16H16ClNO2S2/c1-12-6-8-13(9-7-12)22(19,20)18-10-11-21-16(18)14-4-2-3-5-15(14)17/h2-9,16H,10-11H2,1H3/t16-/m1/s1. The zero-order chi connectivity index (χ0) is 15.7. The number of hydrogen-bond acceptors (Lipinski definition) is 3. The van der Waals surface area contributed by atoms with Crippen LogP contribution in [0.3, 0.4) is 0 Å². The van der Waals surface area contributed by atoms with Crippen molar-refractivity contribution >= 4 is 33.4 Å². The summed E-state index contributed by atoms with van der Waals surface area (Å²) in [4.78, 5) is 0.331. The second-order valence-corrected chi connectivity index (χ2v) is 8.66. The van der Waals surface area contributed by atoms with Crippen molar-refractivity contribution < 1.29 is 8.42 Å². The molecule has 0 saturated carbocycles. The van der Waals surface area contributed by atoms with Crippen molar-refractivity contribution in [1.29, 1.82) is 0 Å². The molecule has 22 heavy (non-hydrogen) atoms. The van der Waals surface area contributed by atoms with E-state index in [9.17, 15) is 8.42 Å². The fourth-order valence-corrected chi connectivity index (χ4v) is 6.04. The summed E-state index contributed by atoms with van der Waals surface area (Å²) in [5, 5.41) is 0.339. The van der Waals surface area contributed by atoms with Gasteiger partial charge < -0.3 is 0 Å². The van der Waals surface area contributed by atoms with Crippen LogP contribution in [0.4, 0.5) is 0 Å².